The molecule has 1 amide bonds. The smallest absolute Gasteiger partial charge is 0.241 e. The van der Waals surface area contributed by atoms with E-state index in [2.05, 4.69) is 25.2 Å². The third-order valence-corrected chi connectivity index (χ3v) is 3.15. The summed E-state index contributed by atoms with van der Waals surface area (Å²) in [6, 6.07) is 6.09. The zero-order valence-corrected chi connectivity index (χ0v) is 11.2. The first-order chi connectivity index (χ1) is 8.10. The molecule has 1 rings (SSSR count). The van der Waals surface area contributed by atoms with E-state index in [9.17, 15) is 4.79 Å². The van der Waals surface area contributed by atoms with Crippen LogP contribution in [0.15, 0.2) is 18.2 Å². The van der Waals surface area contributed by atoms with Crippen molar-refractivity contribution >= 4 is 11.6 Å². The molecule has 3 heteroatoms. The van der Waals surface area contributed by atoms with E-state index in [1.54, 1.807) is 0 Å². The minimum atomic E-state index is 0.149. The van der Waals surface area contributed by atoms with E-state index in [0.29, 0.717) is 6.54 Å². The van der Waals surface area contributed by atoms with Crippen molar-refractivity contribution in [3.05, 3.63) is 29.3 Å². The van der Waals surface area contributed by atoms with Crippen LogP contribution in [0.3, 0.4) is 0 Å². The van der Waals surface area contributed by atoms with Crippen molar-refractivity contribution < 1.29 is 4.79 Å². The number of hydrogen-bond acceptors (Lipinski definition) is 2. The lowest BCUT2D eigenvalue weighted by Gasteiger charge is -2.19. The maximum atomic E-state index is 11.8. The molecule has 0 aliphatic rings. The fourth-order valence-electron chi connectivity index (χ4n) is 1.80. The number of carbonyl (C=O) groups excluding carboxylic acids is 1. The Balaban J connectivity index is 2.61. The molecule has 0 aliphatic heterocycles. The van der Waals surface area contributed by atoms with E-state index in [1.165, 1.54) is 11.1 Å². The quantitative estimate of drug-likeness (QED) is 0.849. The molecule has 94 valence electrons. The monoisotopic (exact) mass is 234 g/mol. The van der Waals surface area contributed by atoms with Crippen molar-refractivity contribution in [2.75, 3.05) is 25.0 Å². The highest BCUT2D eigenvalue weighted by Crippen LogP contribution is 2.17. The predicted molar refractivity (Wildman–Crippen MR) is 72.3 cm³/mol. The number of hydrogen-bond donors (Lipinski definition) is 1. The number of benzene rings is 1. The first-order valence-electron chi connectivity index (χ1n) is 6.18. The maximum absolute atomic E-state index is 11.8. The summed E-state index contributed by atoms with van der Waals surface area (Å²) in [5.74, 6) is 0.149. The largest absolute Gasteiger partial charge is 0.376 e. The Bertz CT molecular complexity index is 384. The van der Waals surface area contributed by atoms with Crippen LogP contribution in [0.5, 0.6) is 0 Å². The number of amides is 1. The summed E-state index contributed by atoms with van der Waals surface area (Å²) in [6.45, 7) is 10.0. The van der Waals surface area contributed by atoms with Crippen molar-refractivity contribution in [2.24, 2.45) is 0 Å². The Hall–Kier alpha value is -1.51. The summed E-state index contributed by atoms with van der Waals surface area (Å²) in [5, 5.41) is 3.21. The molecule has 1 aromatic rings. The molecule has 3 nitrogen and oxygen atoms in total. The molecular formula is C14H22N2O. The highest BCUT2D eigenvalue weighted by Gasteiger charge is 2.09. The predicted octanol–water partition coefficient (Wildman–Crippen LogP) is 2.58. The molecule has 0 unspecified atom stereocenters. The first kappa shape index (κ1) is 13.6. The second-order valence-corrected chi connectivity index (χ2v) is 4.17. The Kier molecular flexibility index (Phi) is 5.01. The summed E-state index contributed by atoms with van der Waals surface area (Å²) >= 11 is 0. The van der Waals surface area contributed by atoms with Gasteiger partial charge in [0.25, 0.3) is 0 Å². The minimum absolute atomic E-state index is 0.149. The van der Waals surface area contributed by atoms with Crippen molar-refractivity contribution in [1.29, 1.82) is 0 Å². The summed E-state index contributed by atoms with van der Waals surface area (Å²) < 4.78 is 0. The second-order valence-electron chi connectivity index (χ2n) is 4.17. The molecule has 1 aromatic carbocycles. The van der Waals surface area contributed by atoms with Crippen LogP contribution in [-0.2, 0) is 4.79 Å². The molecular weight excluding hydrogens is 212 g/mol. The van der Waals surface area contributed by atoms with E-state index >= 15 is 0 Å². The Morgan fingerprint density at radius 2 is 1.88 bits per heavy atom. The van der Waals surface area contributed by atoms with Gasteiger partial charge in [-0.1, -0.05) is 12.1 Å². The topological polar surface area (TPSA) is 32.3 Å². The standard InChI is InChI=1S/C14H22N2O/c1-5-16(6-2)14(17)10-15-13-9-7-8-11(3)12(13)4/h7-9,15H,5-6,10H2,1-4H3. The van der Waals surface area contributed by atoms with Crippen LogP contribution in [0.4, 0.5) is 5.69 Å². The van der Waals surface area contributed by atoms with Gasteiger partial charge in [0.05, 0.1) is 6.54 Å². The zero-order chi connectivity index (χ0) is 12.8. The van der Waals surface area contributed by atoms with Crippen LogP contribution in [0.2, 0.25) is 0 Å². The van der Waals surface area contributed by atoms with Gasteiger partial charge in [-0.05, 0) is 44.9 Å². The summed E-state index contributed by atoms with van der Waals surface area (Å²) in [4.78, 5) is 13.7. The molecule has 0 aliphatic carbocycles. The second kappa shape index (κ2) is 6.28. The molecule has 0 atom stereocenters. The van der Waals surface area contributed by atoms with Crippen LogP contribution in [0, 0.1) is 13.8 Å². The van der Waals surface area contributed by atoms with Crippen LogP contribution in [0.25, 0.3) is 0 Å². The highest BCUT2D eigenvalue weighted by atomic mass is 16.2. The fraction of sp³-hybridized carbons (Fsp3) is 0.500. The highest BCUT2D eigenvalue weighted by molar-refractivity contribution is 5.81. The average molecular weight is 234 g/mol. The summed E-state index contributed by atoms with van der Waals surface area (Å²) in [7, 11) is 0. The van der Waals surface area contributed by atoms with E-state index in [1.807, 2.05) is 30.9 Å². The van der Waals surface area contributed by atoms with Gasteiger partial charge in [-0.3, -0.25) is 4.79 Å². The summed E-state index contributed by atoms with van der Waals surface area (Å²) in [6.07, 6.45) is 0. The molecule has 0 heterocycles. The number of likely N-dealkylation sites (N-methyl/N-ethyl adjacent to an activating group) is 1. The lowest BCUT2D eigenvalue weighted by molar-refractivity contribution is -0.128. The van der Waals surface area contributed by atoms with Gasteiger partial charge in [0, 0.05) is 18.8 Å². The van der Waals surface area contributed by atoms with Gasteiger partial charge in [0.2, 0.25) is 5.91 Å². The zero-order valence-electron chi connectivity index (χ0n) is 11.2. The lowest BCUT2D eigenvalue weighted by Crippen LogP contribution is -2.35. The van der Waals surface area contributed by atoms with E-state index in [0.717, 1.165) is 18.8 Å². The van der Waals surface area contributed by atoms with Crippen molar-refractivity contribution in [3.8, 4) is 0 Å². The Labute approximate surface area is 104 Å². The number of nitrogens with one attached hydrogen (secondary N) is 1. The van der Waals surface area contributed by atoms with Crippen LogP contribution in [-0.4, -0.2) is 30.4 Å². The number of rotatable bonds is 5. The van der Waals surface area contributed by atoms with Gasteiger partial charge in [-0.2, -0.15) is 0 Å². The number of anilines is 1. The van der Waals surface area contributed by atoms with Crippen LogP contribution >= 0.6 is 0 Å². The molecule has 0 radical (unpaired) electrons. The molecule has 17 heavy (non-hydrogen) atoms. The third-order valence-electron chi connectivity index (χ3n) is 3.15. The molecule has 0 bridgehead atoms. The Morgan fingerprint density at radius 1 is 1.24 bits per heavy atom. The third kappa shape index (κ3) is 3.48. The lowest BCUT2D eigenvalue weighted by atomic mass is 10.1. The summed E-state index contributed by atoms with van der Waals surface area (Å²) in [5.41, 5.74) is 3.50. The van der Waals surface area contributed by atoms with Gasteiger partial charge >= 0.3 is 0 Å². The van der Waals surface area contributed by atoms with Gasteiger partial charge < -0.3 is 10.2 Å². The van der Waals surface area contributed by atoms with Gasteiger partial charge in [0.15, 0.2) is 0 Å². The molecule has 0 spiro atoms. The van der Waals surface area contributed by atoms with E-state index in [-0.39, 0.29) is 5.91 Å². The molecule has 0 aromatic heterocycles. The molecule has 0 saturated carbocycles. The number of carbonyl (C=O) groups is 1. The van der Waals surface area contributed by atoms with Crippen molar-refractivity contribution in [2.45, 2.75) is 27.7 Å². The van der Waals surface area contributed by atoms with E-state index < -0.39 is 0 Å². The van der Waals surface area contributed by atoms with Gasteiger partial charge in [0.1, 0.15) is 0 Å². The first-order valence-corrected chi connectivity index (χ1v) is 6.18. The van der Waals surface area contributed by atoms with Gasteiger partial charge in [-0.25, -0.2) is 0 Å². The normalized spacial score (nSPS) is 10.1. The van der Waals surface area contributed by atoms with Crippen molar-refractivity contribution in [1.82, 2.24) is 4.90 Å². The number of aryl methyl sites for hydroxylation is 1. The molecule has 1 N–H and O–H groups in total. The van der Waals surface area contributed by atoms with Crippen molar-refractivity contribution in [3.63, 3.8) is 0 Å². The SMILES string of the molecule is CCN(CC)C(=O)CNc1cccc(C)c1C. The molecule has 0 saturated heterocycles. The minimum Gasteiger partial charge on any atom is -0.376 e. The van der Waals surface area contributed by atoms with E-state index in [4.69, 9.17) is 0 Å². The average Bonchev–Trinajstić information content (AvgIpc) is 2.32. The fourth-order valence-corrected chi connectivity index (χ4v) is 1.80. The van der Waals surface area contributed by atoms with Crippen LogP contribution in [0.1, 0.15) is 25.0 Å². The number of nitrogens with zero attached hydrogens (tertiary/aromatic N) is 1. The van der Waals surface area contributed by atoms with Gasteiger partial charge in [-0.15, -0.1) is 0 Å². The molecule has 0 fully saturated rings. The maximum Gasteiger partial charge on any atom is 0.241 e. The van der Waals surface area contributed by atoms with Crippen LogP contribution < -0.4 is 5.32 Å². The Morgan fingerprint density at radius 3 is 2.47 bits per heavy atom.